The molecule has 1 unspecified atom stereocenters. The summed E-state index contributed by atoms with van der Waals surface area (Å²) in [5.74, 6) is 0.595. The number of aromatic amines is 1. The Balaban J connectivity index is 1.49. The van der Waals surface area contributed by atoms with Gasteiger partial charge in [-0.1, -0.05) is 29.5 Å². The zero-order valence-electron chi connectivity index (χ0n) is 13.3. The van der Waals surface area contributed by atoms with Gasteiger partial charge in [0.25, 0.3) is 5.91 Å². The molecule has 24 heavy (non-hydrogen) atoms. The number of nitrogens with zero attached hydrogens (tertiary/aromatic N) is 3. The number of hydrogen-bond acceptors (Lipinski definition) is 3. The van der Waals surface area contributed by atoms with Crippen LogP contribution in [0.25, 0.3) is 11.0 Å². The smallest absolute Gasteiger partial charge is 0.254 e. The fraction of sp³-hybridized carbons (Fsp3) is 0.316. The lowest BCUT2D eigenvalue weighted by atomic mass is 9.88. The van der Waals surface area contributed by atoms with E-state index >= 15 is 0 Å². The van der Waals surface area contributed by atoms with Crippen LogP contribution in [0.2, 0.25) is 0 Å². The van der Waals surface area contributed by atoms with Crippen LogP contribution >= 0.6 is 0 Å². The van der Waals surface area contributed by atoms with E-state index in [1.165, 1.54) is 17.5 Å². The van der Waals surface area contributed by atoms with Gasteiger partial charge in [0, 0.05) is 24.1 Å². The van der Waals surface area contributed by atoms with E-state index in [1.54, 1.807) is 0 Å². The Kier molecular flexibility index (Phi) is 2.95. The lowest BCUT2D eigenvalue weighted by molar-refractivity contribution is 0.0595. The number of carbonyl (C=O) groups excluding carboxylic acids is 1. The summed E-state index contributed by atoms with van der Waals surface area (Å²) in [7, 11) is 0. The zero-order chi connectivity index (χ0) is 16.1. The van der Waals surface area contributed by atoms with E-state index in [9.17, 15) is 4.79 Å². The molecule has 5 nitrogen and oxygen atoms in total. The number of aromatic nitrogens is 3. The minimum absolute atomic E-state index is 0.113. The van der Waals surface area contributed by atoms with Gasteiger partial charge in [0.2, 0.25) is 0 Å². The third kappa shape index (κ3) is 1.97. The molecule has 0 bridgehead atoms. The molecule has 0 saturated carbocycles. The molecule has 1 aliphatic carbocycles. The molecule has 2 aliphatic rings. The molecule has 3 aromatic rings. The molecule has 5 rings (SSSR count). The average molecular weight is 318 g/mol. The molecule has 1 amide bonds. The Morgan fingerprint density at radius 2 is 2.12 bits per heavy atom. The van der Waals surface area contributed by atoms with Crippen LogP contribution in [-0.2, 0) is 6.42 Å². The van der Waals surface area contributed by atoms with Crippen LogP contribution in [0.5, 0.6) is 0 Å². The third-order valence-corrected chi connectivity index (χ3v) is 5.50. The van der Waals surface area contributed by atoms with E-state index in [-0.39, 0.29) is 11.9 Å². The van der Waals surface area contributed by atoms with Gasteiger partial charge in [0.1, 0.15) is 5.52 Å². The number of carbonyl (C=O) groups is 1. The van der Waals surface area contributed by atoms with E-state index in [2.05, 4.69) is 44.6 Å². The number of hydrogen-bond donors (Lipinski definition) is 1. The maximum absolute atomic E-state index is 13.1. The van der Waals surface area contributed by atoms with Crippen molar-refractivity contribution in [2.75, 3.05) is 6.54 Å². The van der Waals surface area contributed by atoms with Gasteiger partial charge in [-0.3, -0.25) is 9.89 Å². The average Bonchev–Trinajstić information content (AvgIpc) is 3.24. The van der Waals surface area contributed by atoms with Crippen LogP contribution in [0.4, 0.5) is 0 Å². The first-order valence-corrected chi connectivity index (χ1v) is 8.51. The van der Waals surface area contributed by atoms with E-state index in [1.807, 2.05) is 18.2 Å². The standard InChI is InChI=1S/C19H18N4O/c24-19(13-7-8-16-17(10-13)21-22-20-16)23-9-3-6-15-14-5-2-1-4-12(14)11-18(15)23/h1-2,4-5,7-8,10,15,18H,3,6,9,11H2,(H,20,21,22)/t15?,18-/m0/s1. The van der Waals surface area contributed by atoms with Gasteiger partial charge >= 0.3 is 0 Å². The predicted molar refractivity (Wildman–Crippen MR) is 90.8 cm³/mol. The van der Waals surface area contributed by atoms with Crippen LogP contribution in [-0.4, -0.2) is 38.8 Å². The summed E-state index contributed by atoms with van der Waals surface area (Å²) >= 11 is 0. The second-order valence-corrected chi connectivity index (χ2v) is 6.76. The Morgan fingerprint density at radius 1 is 1.21 bits per heavy atom. The highest BCUT2D eigenvalue weighted by molar-refractivity contribution is 5.97. The van der Waals surface area contributed by atoms with E-state index in [0.29, 0.717) is 11.5 Å². The number of piperidine rings is 1. The fourth-order valence-electron chi connectivity index (χ4n) is 4.37. The van der Waals surface area contributed by atoms with Crippen LogP contribution in [0.15, 0.2) is 42.5 Å². The first-order valence-electron chi connectivity index (χ1n) is 8.51. The molecule has 1 N–H and O–H groups in total. The molecule has 1 fully saturated rings. The summed E-state index contributed by atoms with van der Waals surface area (Å²) in [6.45, 7) is 0.838. The van der Waals surface area contributed by atoms with E-state index in [4.69, 9.17) is 0 Å². The minimum atomic E-state index is 0.113. The SMILES string of the molecule is O=C(c1ccc2[nH]nnc2c1)N1CCCC2c3ccccc3C[C@@H]21. The fourth-order valence-corrected chi connectivity index (χ4v) is 4.37. The summed E-state index contributed by atoms with van der Waals surface area (Å²) in [4.78, 5) is 15.2. The first-order chi connectivity index (χ1) is 11.8. The van der Waals surface area contributed by atoms with Gasteiger partial charge in [-0.05, 0) is 48.6 Å². The second-order valence-electron chi connectivity index (χ2n) is 6.76. The summed E-state index contributed by atoms with van der Waals surface area (Å²) in [6.07, 6.45) is 3.21. The number of fused-ring (bicyclic) bond motifs is 4. The maximum atomic E-state index is 13.1. The minimum Gasteiger partial charge on any atom is -0.335 e. The van der Waals surface area contributed by atoms with E-state index in [0.717, 1.165) is 30.4 Å². The largest absolute Gasteiger partial charge is 0.335 e. The number of H-pyrrole nitrogens is 1. The first kappa shape index (κ1) is 13.7. The van der Waals surface area contributed by atoms with Crippen LogP contribution in [0, 0.1) is 0 Å². The van der Waals surface area contributed by atoms with Gasteiger partial charge in [-0.15, -0.1) is 5.10 Å². The maximum Gasteiger partial charge on any atom is 0.254 e. The molecule has 1 aliphatic heterocycles. The number of amides is 1. The second kappa shape index (κ2) is 5.16. The topological polar surface area (TPSA) is 61.9 Å². The molecule has 1 aromatic heterocycles. The van der Waals surface area contributed by atoms with Crippen LogP contribution in [0.1, 0.15) is 40.2 Å². The number of benzene rings is 2. The third-order valence-electron chi connectivity index (χ3n) is 5.50. The lowest BCUT2D eigenvalue weighted by Crippen LogP contribution is -2.46. The summed E-state index contributed by atoms with van der Waals surface area (Å²) in [6, 6.07) is 14.5. The number of nitrogens with one attached hydrogen (secondary N) is 1. The lowest BCUT2D eigenvalue weighted by Gasteiger charge is -2.38. The quantitative estimate of drug-likeness (QED) is 0.750. The highest BCUT2D eigenvalue weighted by Gasteiger charge is 2.40. The number of likely N-dealkylation sites (tertiary alicyclic amines) is 1. The van der Waals surface area contributed by atoms with Crippen molar-refractivity contribution in [1.29, 1.82) is 0 Å². The van der Waals surface area contributed by atoms with Gasteiger partial charge in [0.15, 0.2) is 0 Å². The van der Waals surface area contributed by atoms with Crippen LogP contribution < -0.4 is 0 Å². The molecular formula is C19H18N4O. The van der Waals surface area contributed by atoms with Crippen molar-refractivity contribution >= 4 is 16.9 Å². The van der Waals surface area contributed by atoms with Gasteiger partial charge in [-0.25, -0.2) is 0 Å². The Labute approximate surface area is 139 Å². The Bertz CT molecular complexity index is 932. The molecule has 2 aromatic carbocycles. The molecule has 2 atom stereocenters. The highest BCUT2D eigenvalue weighted by Crippen LogP contribution is 2.42. The van der Waals surface area contributed by atoms with E-state index < -0.39 is 0 Å². The zero-order valence-corrected chi connectivity index (χ0v) is 13.3. The number of rotatable bonds is 1. The Morgan fingerprint density at radius 3 is 3.08 bits per heavy atom. The summed E-state index contributed by atoms with van der Waals surface area (Å²) in [5, 5.41) is 10.7. The molecule has 1 saturated heterocycles. The summed E-state index contributed by atoms with van der Waals surface area (Å²) in [5.41, 5.74) is 5.14. The van der Waals surface area contributed by atoms with Crippen molar-refractivity contribution < 1.29 is 4.79 Å². The van der Waals surface area contributed by atoms with Gasteiger partial charge in [0.05, 0.1) is 5.52 Å². The molecule has 0 spiro atoms. The normalized spacial score (nSPS) is 22.4. The molecule has 2 heterocycles. The molecule has 5 heteroatoms. The van der Waals surface area contributed by atoms with Crippen molar-refractivity contribution in [3.63, 3.8) is 0 Å². The summed E-state index contributed by atoms with van der Waals surface area (Å²) < 4.78 is 0. The highest BCUT2D eigenvalue weighted by atomic mass is 16.2. The molecule has 120 valence electrons. The van der Waals surface area contributed by atoms with Crippen molar-refractivity contribution in [3.05, 3.63) is 59.2 Å². The monoisotopic (exact) mass is 318 g/mol. The molecule has 0 radical (unpaired) electrons. The van der Waals surface area contributed by atoms with Gasteiger partial charge in [-0.2, -0.15) is 0 Å². The molecular weight excluding hydrogens is 300 g/mol. The van der Waals surface area contributed by atoms with Crippen LogP contribution in [0.3, 0.4) is 0 Å². The van der Waals surface area contributed by atoms with Crippen molar-refractivity contribution in [3.8, 4) is 0 Å². The van der Waals surface area contributed by atoms with Crippen molar-refractivity contribution in [2.45, 2.75) is 31.2 Å². The Hall–Kier alpha value is -2.69. The van der Waals surface area contributed by atoms with Crippen molar-refractivity contribution in [2.24, 2.45) is 0 Å². The predicted octanol–water partition coefficient (Wildman–Crippen LogP) is 2.90. The van der Waals surface area contributed by atoms with Crippen molar-refractivity contribution in [1.82, 2.24) is 20.3 Å². The van der Waals surface area contributed by atoms with Gasteiger partial charge < -0.3 is 4.90 Å².